The van der Waals surface area contributed by atoms with Gasteiger partial charge in [0, 0.05) is 85.8 Å². The van der Waals surface area contributed by atoms with Gasteiger partial charge in [-0.3, -0.25) is 14.1 Å². The Hall–Kier alpha value is -6.05. The minimum atomic E-state index is -5.42. The van der Waals surface area contributed by atoms with E-state index in [0.717, 1.165) is 12.1 Å². The number of carbonyl (C=O) groups excluding carboxylic acids is 3. The number of nitrogens with zero attached hydrogens (tertiary/aromatic N) is 3. The Kier molecular flexibility index (Phi) is 17.5. The van der Waals surface area contributed by atoms with Gasteiger partial charge in [0.15, 0.2) is 5.71 Å². The van der Waals surface area contributed by atoms with Crippen LogP contribution >= 0.6 is 0 Å². The average molecular weight is 1190 g/mol. The maximum absolute atomic E-state index is 12.7. The molecule has 0 bridgehead atoms. The van der Waals surface area contributed by atoms with Crippen LogP contribution in [0.2, 0.25) is 0 Å². The van der Waals surface area contributed by atoms with Gasteiger partial charge in [-0.1, -0.05) is 36.4 Å². The molecule has 7 rings (SSSR count). The molecular weight excluding hydrogens is 1130 g/mol. The second-order valence-corrected chi connectivity index (χ2v) is 26.4. The van der Waals surface area contributed by atoms with Gasteiger partial charge in [0.25, 0.3) is 21.9 Å². The number of hydrogen-bond donors (Lipinski definition) is 1. The minimum Gasteiger partial charge on any atom is -0.744 e. The Labute approximate surface area is 457 Å². The first kappa shape index (κ1) is 60.6. The Morgan fingerprint density at radius 3 is 1.78 bits per heavy atom. The highest BCUT2D eigenvalue weighted by Gasteiger charge is 2.49. The molecule has 4 aromatic rings. The molecule has 0 saturated carbocycles. The molecule has 23 nitrogen and oxygen atoms in total. The maximum atomic E-state index is 12.7. The number of likely N-dealkylation sites (N-methyl/N-ethyl adjacent to an activating group) is 1. The number of ether oxygens (including phenoxy) is 1. The van der Waals surface area contributed by atoms with Gasteiger partial charge in [-0.25, -0.2) is 38.5 Å². The van der Waals surface area contributed by atoms with E-state index < -0.39 is 105 Å². The van der Waals surface area contributed by atoms with Crippen molar-refractivity contribution in [1.29, 1.82) is 0 Å². The third-order valence-electron chi connectivity index (χ3n) is 14.2. The molecule has 0 spiro atoms. The number of anilines is 1. The van der Waals surface area contributed by atoms with Gasteiger partial charge in [0.05, 0.1) is 30.7 Å². The van der Waals surface area contributed by atoms with E-state index in [1.807, 2.05) is 18.7 Å². The standard InChI is InChI=1S/C51H57N3O20S5/c1-5-52-39-20-18-35-37(29-33(76(61,62)63)31-41(35)78(67,68)69)48(39)51(3,25-27-73-4)43(52)15-10-7-6-8-11-16-44-50(2,24-14-28-75(58,59)60)49-38-30-34(77(64,65)66)32-42(79(70,71)72)36(38)19-21-40(49)53(44)26-13-9-12-17-47(57)74-54-45(55)22-23-46(54)56/h6-8,10-11,15-16,18-21,29-32H,5,9,12-14,17,22-28H2,1-4H3,(H4-,58,59,60,61,62,63,64,65,66,67,68,69,70,71,72)/p-3. The highest BCUT2D eigenvalue weighted by Crippen LogP contribution is 2.54. The quantitative estimate of drug-likeness (QED) is 0.0328. The van der Waals surface area contributed by atoms with Crippen molar-refractivity contribution in [3.05, 3.63) is 108 Å². The lowest BCUT2D eigenvalue weighted by Gasteiger charge is -2.30. The van der Waals surface area contributed by atoms with Gasteiger partial charge >= 0.3 is 5.97 Å². The molecule has 3 aliphatic heterocycles. The first-order valence-electron chi connectivity index (χ1n) is 24.5. The summed E-state index contributed by atoms with van der Waals surface area (Å²) in [6.45, 7) is 6.03. The van der Waals surface area contributed by atoms with Crippen LogP contribution in [0.5, 0.6) is 0 Å². The zero-order chi connectivity index (χ0) is 58.3. The van der Waals surface area contributed by atoms with Gasteiger partial charge in [0.1, 0.15) is 47.0 Å². The number of amides is 2. The van der Waals surface area contributed by atoms with Crippen LogP contribution in [0.15, 0.2) is 116 Å². The van der Waals surface area contributed by atoms with Crippen LogP contribution in [-0.2, 0) is 85.4 Å². The van der Waals surface area contributed by atoms with Gasteiger partial charge in [-0.05, 0) is 117 Å². The fourth-order valence-electron chi connectivity index (χ4n) is 10.7. The summed E-state index contributed by atoms with van der Waals surface area (Å²) in [4.78, 5) is 39.6. The number of benzene rings is 4. The molecule has 28 heteroatoms. The smallest absolute Gasteiger partial charge is 0.333 e. The van der Waals surface area contributed by atoms with Crippen molar-refractivity contribution in [2.24, 2.45) is 0 Å². The van der Waals surface area contributed by atoms with Crippen LogP contribution < -0.4 is 4.90 Å². The summed E-state index contributed by atoms with van der Waals surface area (Å²) in [7, 11) is -24.4. The lowest BCUT2D eigenvalue weighted by atomic mass is 9.74. The van der Waals surface area contributed by atoms with Gasteiger partial charge in [-0.15, -0.1) is 5.06 Å². The fourth-order valence-corrected chi connectivity index (χ4v) is 13.9. The molecule has 0 radical (unpaired) electrons. The molecule has 3 aliphatic rings. The number of hydrogen-bond acceptors (Lipinski definition) is 20. The van der Waals surface area contributed by atoms with Crippen LogP contribution in [0.4, 0.5) is 11.4 Å². The number of allylic oxidation sites excluding steroid dienone is 8. The number of imide groups is 1. The summed E-state index contributed by atoms with van der Waals surface area (Å²) in [6, 6.07) is 8.82. The van der Waals surface area contributed by atoms with Crippen LogP contribution in [0.3, 0.4) is 0 Å². The van der Waals surface area contributed by atoms with Crippen LogP contribution in [0.25, 0.3) is 21.5 Å². The van der Waals surface area contributed by atoms with E-state index >= 15 is 0 Å². The fraction of sp³-hybridized carbons (Fsp3) is 0.373. The molecule has 0 aliphatic carbocycles. The minimum absolute atomic E-state index is 0.0683. The summed E-state index contributed by atoms with van der Waals surface area (Å²) in [5.74, 6) is -2.83. The number of methoxy groups -OCH3 is 1. The zero-order valence-corrected chi connectivity index (χ0v) is 47.0. The molecule has 1 saturated heterocycles. The predicted molar refractivity (Wildman–Crippen MR) is 281 cm³/mol. The number of unbranched alkanes of at least 4 members (excludes halogenated alkanes) is 2. The average Bonchev–Trinajstić information content (AvgIpc) is 4.03. The Morgan fingerprint density at radius 2 is 1.24 bits per heavy atom. The molecule has 3 heterocycles. The van der Waals surface area contributed by atoms with E-state index in [9.17, 15) is 79.2 Å². The molecule has 1 fully saturated rings. The van der Waals surface area contributed by atoms with Crippen molar-refractivity contribution in [1.82, 2.24) is 5.06 Å². The molecule has 4 aromatic carbocycles. The lowest BCUT2D eigenvalue weighted by Crippen LogP contribution is -2.32. The predicted octanol–water partition coefficient (Wildman–Crippen LogP) is 5.19. The highest BCUT2D eigenvalue weighted by molar-refractivity contribution is 7.87. The number of carbonyl (C=O) groups is 3. The third kappa shape index (κ3) is 12.8. The maximum Gasteiger partial charge on any atom is 0.333 e. The molecule has 2 unspecified atom stereocenters. The second-order valence-electron chi connectivity index (χ2n) is 19.4. The SMILES string of the molecule is CCN1C(=CC=CC=CC=CC2=[N+](CCCCCC(=O)ON3C(=O)CCC3=O)c3ccc4c(S(=O)(=O)[O-])cc(S(=O)(=O)[O-])cc4c3C2(C)CCCS(=O)(=O)O)C(C)(CCOC)c2c1ccc1c(S(=O)(=O)[O-])cc(S(=O)(=O)[O-])cc21. The van der Waals surface area contributed by atoms with Crippen LogP contribution in [0, 0.1) is 0 Å². The van der Waals surface area contributed by atoms with Crippen LogP contribution in [0.1, 0.15) is 89.7 Å². The van der Waals surface area contributed by atoms with Crippen molar-refractivity contribution < 1.29 is 93.4 Å². The molecular formula is C51H54N3O20S5-3. The topological polar surface area (TPSA) is 362 Å². The van der Waals surface area contributed by atoms with Crippen molar-refractivity contribution in [2.75, 3.05) is 37.5 Å². The van der Waals surface area contributed by atoms with Gasteiger partial charge in [-0.2, -0.15) is 13.0 Å². The summed E-state index contributed by atoms with van der Waals surface area (Å²) < 4.78 is 191. The highest BCUT2D eigenvalue weighted by atomic mass is 32.2. The summed E-state index contributed by atoms with van der Waals surface area (Å²) in [5.41, 5.74) is 0.307. The Balaban J connectivity index is 1.29. The van der Waals surface area contributed by atoms with Gasteiger partial charge in [0.2, 0.25) is 5.69 Å². The third-order valence-corrected chi connectivity index (χ3v) is 18.4. The van der Waals surface area contributed by atoms with E-state index in [0.29, 0.717) is 64.9 Å². The van der Waals surface area contributed by atoms with Crippen LogP contribution in [-0.4, -0.2) is 131 Å². The summed E-state index contributed by atoms with van der Waals surface area (Å²) >= 11 is 0. The molecule has 2 atom stereocenters. The van der Waals surface area contributed by atoms with Crippen molar-refractivity contribution in [2.45, 2.75) is 109 Å². The van der Waals surface area contributed by atoms with E-state index in [1.54, 1.807) is 60.1 Å². The van der Waals surface area contributed by atoms with E-state index in [4.69, 9.17) is 9.57 Å². The van der Waals surface area contributed by atoms with Gasteiger partial charge < -0.3 is 32.7 Å². The first-order chi connectivity index (χ1) is 36.8. The van der Waals surface area contributed by atoms with E-state index in [2.05, 4.69) is 0 Å². The summed E-state index contributed by atoms with van der Waals surface area (Å²) in [5, 5.41) is 0.0937. The Bertz CT molecular complexity index is 3930. The van der Waals surface area contributed by atoms with E-state index in [-0.39, 0.29) is 85.2 Å². The first-order valence-corrected chi connectivity index (χ1v) is 31.7. The molecule has 2 amide bonds. The van der Waals surface area contributed by atoms with Crippen molar-refractivity contribution >= 4 is 107 Å². The second kappa shape index (κ2) is 22.8. The normalized spacial score (nSPS) is 19.9. The molecule has 0 aromatic heterocycles. The largest absolute Gasteiger partial charge is 0.744 e. The van der Waals surface area contributed by atoms with Crippen molar-refractivity contribution in [3.63, 3.8) is 0 Å². The monoisotopic (exact) mass is 1190 g/mol. The lowest BCUT2D eigenvalue weighted by molar-refractivity contribution is -0.438. The Morgan fingerprint density at radius 1 is 0.684 bits per heavy atom. The molecule has 1 N–H and O–H groups in total. The van der Waals surface area contributed by atoms with E-state index in [1.165, 1.54) is 25.3 Å². The van der Waals surface area contributed by atoms with Crippen molar-refractivity contribution in [3.8, 4) is 0 Å². The summed E-state index contributed by atoms with van der Waals surface area (Å²) in [6.07, 6.45) is 12.2. The zero-order valence-electron chi connectivity index (χ0n) is 42.9. The number of rotatable bonds is 23. The number of hydroxylamine groups is 2. The number of fused-ring (bicyclic) bond motifs is 6. The molecule has 426 valence electrons. The molecule has 79 heavy (non-hydrogen) atoms.